The zero-order chi connectivity index (χ0) is 18.5. The molecule has 0 saturated carbocycles. The highest BCUT2D eigenvalue weighted by Gasteiger charge is 2.42. The minimum Gasteiger partial charge on any atom is -0.376 e. The molecular formula is C20H43NO2. The molecule has 0 aliphatic heterocycles. The molecule has 0 aromatic heterocycles. The van der Waals surface area contributed by atoms with Gasteiger partial charge in [0.15, 0.2) is 0 Å². The van der Waals surface area contributed by atoms with Gasteiger partial charge in [0.05, 0.1) is 17.3 Å². The average Bonchev–Trinajstić information content (AvgIpc) is 2.34. The van der Waals surface area contributed by atoms with Gasteiger partial charge >= 0.3 is 0 Å². The van der Waals surface area contributed by atoms with Gasteiger partial charge in [-0.25, -0.2) is 0 Å². The van der Waals surface area contributed by atoms with Gasteiger partial charge < -0.3 is 15.2 Å². The van der Waals surface area contributed by atoms with Crippen molar-refractivity contribution < 1.29 is 9.47 Å². The number of ether oxygens (including phenoxy) is 2. The van der Waals surface area contributed by atoms with E-state index in [-0.39, 0.29) is 28.3 Å². The highest BCUT2D eigenvalue weighted by Crippen LogP contribution is 2.42. The molecule has 0 aromatic rings. The summed E-state index contributed by atoms with van der Waals surface area (Å²) in [6.45, 7) is 22.5. The Labute approximate surface area is 145 Å². The molecule has 0 fully saturated rings. The predicted octanol–water partition coefficient (Wildman–Crippen LogP) is 5.31. The van der Waals surface area contributed by atoms with E-state index in [1.54, 1.807) is 0 Å². The predicted molar refractivity (Wildman–Crippen MR) is 101 cm³/mol. The summed E-state index contributed by atoms with van der Waals surface area (Å²) in [6, 6.07) is 0. The van der Waals surface area contributed by atoms with E-state index >= 15 is 0 Å². The Balaban J connectivity index is 4.81. The van der Waals surface area contributed by atoms with Gasteiger partial charge in [-0.3, -0.25) is 0 Å². The van der Waals surface area contributed by atoms with Crippen LogP contribution in [0.1, 0.15) is 94.9 Å². The largest absolute Gasteiger partial charge is 0.376 e. The first-order valence-electron chi connectivity index (χ1n) is 9.29. The third kappa shape index (κ3) is 8.00. The maximum atomic E-state index is 6.44. The summed E-state index contributed by atoms with van der Waals surface area (Å²) < 4.78 is 12.5. The summed E-state index contributed by atoms with van der Waals surface area (Å²) in [4.78, 5) is 0. The van der Waals surface area contributed by atoms with Crippen molar-refractivity contribution in [2.24, 2.45) is 11.1 Å². The van der Waals surface area contributed by atoms with Crippen LogP contribution in [0.3, 0.4) is 0 Å². The average molecular weight is 330 g/mol. The highest BCUT2D eigenvalue weighted by atomic mass is 16.5. The summed E-state index contributed by atoms with van der Waals surface area (Å²) in [5.74, 6) is 0. The molecule has 3 heteroatoms. The lowest BCUT2D eigenvalue weighted by Crippen LogP contribution is -2.48. The zero-order valence-corrected chi connectivity index (χ0v) is 17.5. The van der Waals surface area contributed by atoms with Gasteiger partial charge in [-0.2, -0.15) is 0 Å². The molecule has 0 aliphatic rings. The van der Waals surface area contributed by atoms with Crippen LogP contribution < -0.4 is 5.73 Å². The van der Waals surface area contributed by atoms with Crippen molar-refractivity contribution in [3.8, 4) is 0 Å². The molecule has 0 aliphatic carbocycles. The molecule has 0 amide bonds. The van der Waals surface area contributed by atoms with Crippen LogP contribution in [-0.4, -0.2) is 29.5 Å². The van der Waals surface area contributed by atoms with E-state index in [2.05, 4.69) is 69.2 Å². The van der Waals surface area contributed by atoms with E-state index in [1.165, 1.54) is 0 Å². The summed E-state index contributed by atoms with van der Waals surface area (Å²) in [5.41, 5.74) is 5.75. The number of nitrogens with two attached hydrogens (primary N) is 1. The van der Waals surface area contributed by atoms with E-state index in [9.17, 15) is 0 Å². The van der Waals surface area contributed by atoms with Crippen LogP contribution in [-0.2, 0) is 9.47 Å². The fourth-order valence-corrected chi connectivity index (χ4v) is 2.99. The van der Waals surface area contributed by atoms with Crippen LogP contribution in [0.2, 0.25) is 0 Å². The van der Waals surface area contributed by atoms with Gasteiger partial charge in [0.2, 0.25) is 0 Å². The van der Waals surface area contributed by atoms with Crippen LogP contribution in [0.5, 0.6) is 0 Å². The monoisotopic (exact) mass is 329 g/mol. The molecule has 0 heterocycles. The SMILES string of the molecule is CCC(C)(C)OCCC(C)(CC)C(C)(C)OC(C)CC(C)(C)N. The molecule has 0 spiro atoms. The lowest BCUT2D eigenvalue weighted by atomic mass is 9.70. The van der Waals surface area contributed by atoms with Gasteiger partial charge in [-0.15, -0.1) is 0 Å². The second-order valence-corrected chi connectivity index (χ2v) is 9.26. The maximum Gasteiger partial charge on any atom is 0.0684 e. The van der Waals surface area contributed by atoms with E-state index in [4.69, 9.17) is 15.2 Å². The number of hydrogen-bond acceptors (Lipinski definition) is 3. The molecule has 0 saturated heterocycles. The van der Waals surface area contributed by atoms with Crippen LogP contribution >= 0.6 is 0 Å². The van der Waals surface area contributed by atoms with Crippen molar-refractivity contribution in [1.82, 2.24) is 0 Å². The van der Waals surface area contributed by atoms with Crippen molar-refractivity contribution in [3.63, 3.8) is 0 Å². The van der Waals surface area contributed by atoms with Gasteiger partial charge in [0, 0.05) is 12.1 Å². The van der Waals surface area contributed by atoms with Crippen LogP contribution in [0.25, 0.3) is 0 Å². The molecule has 0 bridgehead atoms. The second kappa shape index (κ2) is 8.31. The summed E-state index contributed by atoms with van der Waals surface area (Å²) in [5, 5.41) is 0. The van der Waals surface area contributed by atoms with E-state index in [0.29, 0.717) is 0 Å². The van der Waals surface area contributed by atoms with Gasteiger partial charge in [0.25, 0.3) is 0 Å². The van der Waals surface area contributed by atoms with Crippen molar-refractivity contribution >= 4 is 0 Å². The fraction of sp³-hybridized carbons (Fsp3) is 1.00. The molecular weight excluding hydrogens is 286 g/mol. The standard InChI is InChI=1S/C20H43NO2/c1-11-18(6,7)22-14-13-20(10,12-2)19(8,9)23-16(3)15-17(4,5)21/h16H,11-15,21H2,1-10H3. The molecule has 2 unspecified atom stereocenters. The summed E-state index contributed by atoms with van der Waals surface area (Å²) in [7, 11) is 0. The third-order valence-corrected chi connectivity index (χ3v) is 5.54. The highest BCUT2D eigenvalue weighted by molar-refractivity contribution is 4.92. The quantitative estimate of drug-likeness (QED) is 0.558. The van der Waals surface area contributed by atoms with Crippen molar-refractivity contribution in [2.45, 2.75) is 118 Å². The first-order chi connectivity index (χ1) is 10.2. The Hall–Kier alpha value is -0.120. The first-order valence-corrected chi connectivity index (χ1v) is 9.29. The van der Waals surface area contributed by atoms with Gasteiger partial charge in [-0.05, 0) is 79.6 Å². The Bertz CT molecular complexity index is 344. The topological polar surface area (TPSA) is 44.5 Å². The Kier molecular flexibility index (Phi) is 8.27. The van der Waals surface area contributed by atoms with Crippen LogP contribution in [0.15, 0.2) is 0 Å². The molecule has 0 aromatic carbocycles. The fourth-order valence-electron chi connectivity index (χ4n) is 2.99. The molecule has 23 heavy (non-hydrogen) atoms. The van der Waals surface area contributed by atoms with Crippen molar-refractivity contribution in [1.29, 1.82) is 0 Å². The minimum absolute atomic E-state index is 0.0451. The molecule has 0 radical (unpaired) electrons. The van der Waals surface area contributed by atoms with Crippen LogP contribution in [0.4, 0.5) is 0 Å². The summed E-state index contributed by atoms with van der Waals surface area (Å²) >= 11 is 0. The first kappa shape index (κ1) is 22.9. The minimum atomic E-state index is -0.216. The lowest BCUT2D eigenvalue weighted by molar-refractivity contribution is -0.154. The van der Waals surface area contributed by atoms with Gasteiger partial charge in [0.1, 0.15) is 0 Å². The maximum absolute atomic E-state index is 6.44. The summed E-state index contributed by atoms with van der Waals surface area (Å²) in [6.07, 6.45) is 4.09. The molecule has 0 rings (SSSR count). The molecule has 3 nitrogen and oxygen atoms in total. The zero-order valence-electron chi connectivity index (χ0n) is 17.5. The Morgan fingerprint density at radius 3 is 1.83 bits per heavy atom. The molecule has 140 valence electrons. The molecule has 2 atom stereocenters. The van der Waals surface area contributed by atoms with Crippen LogP contribution in [0, 0.1) is 5.41 Å². The molecule has 2 N–H and O–H groups in total. The smallest absolute Gasteiger partial charge is 0.0684 e. The number of hydrogen-bond donors (Lipinski definition) is 1. The van der Waals surface area contributed by atoms with Gasteiger partial charge in [-0.1, -0.05) is 20.8 Å². The van der Waals surface area contributed by atoms with E-state index in [1.807, 2.05) is 0 Å². The number of rotatable bonds is 11. The Morgan fingerprint density at radius 2 is 1.43 bits per heavy atom. The second-order valence-electron chi connectivity index (χ2n) is 9.26. The van der Waals surface area contributed by atoms with E-state index < -0.39 is 0 Å². The third-order valence-electron chi connectivity index (χ3n) is 5.54. The van der Waals surface area contributed by atoms with Crippen molar-refractivity contribution in [2.75, 3.05) is 6.61 Å². The van der Waals surface area contributed by atoms with E-state index in [0.717, 1.165) is 32.3 Å². The van der Waals surface area contributed by atoms with Crippen molar-refractivity contribution in [3.05, 3.63) is 0 Å². The Morgan fingerprint density at radius 1 is 0.913 bits per heavy atom. The lowest BCUT2D eigenvalue weighted by Gasteiger charge is -2.46. The normalized spacial score (nSPS) is 17.9.